The molecule has 1 aromatic rings. The molecule has 10 heteroatoms. The number of piperazine rings is 1. The molecule has 2 rings (SSSR count). The van der Waals surface area contributed by atoms with Gasteiger partial charge in [-0.25, -0.2) is 8.42 Å². The number of benzene rings is 1. The average Bonchev–Trinajstić information content (AvgIpc) is 2.66. The van der Waals surface area contributed by atoms with E-state index in [1.165, 1.54) is 18.1 Å². The van der Waals surface area contributed by atoms with E-state index in [0.29, 0.717) is 51.6 Å². The summed E-state index contributed by atoms with van der Waals surface area (Å²) in [6.45, 7) is 5.94. The Morgan fingerprint density at radius 1 is 1.17 bits per heavy atom. The van der Waals surface area contributed by atoms with Crippen molar-refractivity contribution in [2.24, 2.45) is 4.99 Å². The van der Waals surface area contributed by atoms with Crippen LogP contribution in [0.3, 0.4) is 0 Å². The third kappa shape index (κ3) is 6.88. The van der Waals surface area contributed by atoms with Crippen molar-refractivity contribution in [2.45, 2.75) is 37.4 Å². The van der Waals surface area contributed by atoms with Gasteiger partial charge in [0.1, 0.15) is 6.04 Å². The first-order valence-corrected chi connectivity index (χ1v) is 11.5. The first-order chi connectivity index (χ1) is 13.5. The SMILES string of the molecule is CCNC(=NCCc1ccc(S(C)(=O)=O)cc1)N1CCN(C(C)C(F)(F)F)CC1. The molecule has 0 saturated carbocycles. The third-order valence-corrected chi connectivity index (χ3v) is 6.11. The van der Waals surface area contributed by atoms with Crippen molar-refractivity contribution in [1.29, 1.82) is 0 Å². The van der Waals surface area contributed by atoms with Gasteiger partial charge in [0.2, 0.25) is 0 Å². The second kappa shape index (κ2) is 9.80. The summed E-state index contributed by atoms with van der Waals surface area (Å²) in [5, 5.41) is 3.20. The highest BCUT2D eigenvalue weighted by Gasteiger charge is 2.41. The van der Waals surface area contributed by atoms with Crippen LogP contribution in [0.1, 0.15) is 19.4 Å². The Labute approximate surface area is 170 Å². The quantitative estimate of drug-likeness (QED) is 0.549. The highest BCUT2D eigenvalue weighted by Crippen LogP contribution is 2.25. The number of hydrogen-bond donors (Lipinski definition) is 1. The number of guanidine groups is 1. The Morgan fingerprint density at radius 2 is 1.76 bits per heavy atom. The van der Waals surface area contributed by atoms with E-state index in [-0.39, 0.29) is 4.90 Å². The number of aliphatic imine (C=N–C) groups is 1. The van der Waals surface area contributed by atoms with Crippen LogP contribution < -0.4 is 5.32 Å². The van der Waals surface area contributed by atoms with E-state index in [1.54, 1.807) is 24.3 Å². The molecule has 1 aliphatic rings. The number of halogens is 3. The Balaban J connectivity index is 1.93. The van der Waals surface area contributed by atoms with Gasteiger partial charge in [0.15, 0.2) is 15.8 Å². The topological polar surface area (TPSA) is 65.0 Å². The summed E-state index contributed by atoms with van der Waals surface area (Å²) in [6, 6.07) is 5.27. The zero-order valence-corrected chi connectivity index (χ0v) is 17.9. The molecule has 0 bridgehead atoms. The molecule has 1 saturated heterocycles. The summed E-state index contributed by atoms with van der Waals surface area (Å²) in [5.41, 5.74) is 0.973. The number of nitrogens with zero attached hydrogens (tertiary/aromatic N) is 3. The molecule has 0 amide bonds. The maximum absolute atomic E-state index is 12.9. The fourth-order valence-corrected chi connectivity index (χ4v) is 3.78. The van der Waals surface area contributed by atoms with E-state index in [2.05, 4.69) is 10.3 Å². The number of hydrogen-bond acceptors (Lipinski definition) is 4. The van der Waals surface area contributed by atoms with Crippen LogP contribution in [0.15, 0.2) is 34.2 Å². The minimum Gasteiger partial charge on any atom is -0.357 e. The lowest BCUT2D eigenvalue weighted by Gasteiger charge is -2.39. The minimum atomic E-state index is -4.21. The van der Waals surface area contributed by atoms with Gasteiger partial charge in [-0.15, -0.1) is 0 Å². The summed E-state index contributed by atoms with van der Waals surface area (Å²) in [7, 11) is -3.21. The maximum atomic E-state index is 12.9. The van der Waals surface area contributed by atoms with Crippen molar-refractivity contribution in [3.8, 4) is 0 Å². The number of alkyl halides is 3. The predicted molar refractivity (Wildman–Crippen MR) is 108 cm³/mol. The smallest absolute Gasteiger partial charge is 0.357 e. The van der Waals surface area contributed by atoms with Crippen molar-refractivity contribution in [3.63, 3.8) is 0 Å². The monoisotopic (exact) mass is 434 g/mol. The summed E-state index contributed by atoms with van der Waals surface area (Å²) >= 11 is 0. The lowest BCUT2D eigenvalue weighted by molar-refractivity contribution is -0.181. The average molecular weight is 435 g/mol. The highest BCUT2D eigenvalue weighted by atomic mass is 32.2. The van der Waals surface area contributed by atoms with Gasteiger partial charge in [-0.05, 0) is 38.0 Å². The summed E-state index contributed by atoms with van der Waals surface area (Å²) in [6.07, 6.45) is -2.40. The molecule has 1 heterocycles. The molecule has 1 fully saturated rings. The van der Waals surface area contributed by atoms with Gasteiger partial charge >= 0.3 is 6.18 Å². The lowest BCUT2D eigenvalue weighted by atomic mass is 10.1. The van der Waals surface area contributed by atoms with Crippen LogP contribution >= 0.6 is 0 Å². The van der Waals surface area contributed by atoms with E-state index in [4.69, 9.17) is 0 Å². The van der Waals surface area contributed by atoms with Gasteiger partial charge in [-0.2, -0.15) is 13.2 Å². The van der Waals surface area contributed by atoms with Crippen molar-refractivity contribution in [3.05, 3.63) is 29.8 Å². The van der Waals surface area contributed by atoms with Crippen molar-refractivity contribution < 1.29 is 21.6 Å². The van der Waals surface area contributed by atoms with E-state index in [1.807, 2.05) is 11.8 Å². The molecule has 0 spiro atoms. The molecule has 0 radical (unpaired) electrons. The molecule has 1 aliphatic heterocycles. The first kappa shape index (κ1) is 23.5. The second-order valence-electron chi connectivity index (χ2n) is 7.14. The Bertz CT molecular complexity index is 787. The van der Waals surface area contributed by atoms with Crippen LogP contribution in [0, 0.1) is 0 Å². The van der Waals surface area contributed by atoms with Gasteiger partial charge in [0, 0.05) is 45.5 Å². The van der Waals surface area contributed by atoms with Crippen LogP contribution in [0.4, 0.5) is 13.2 Å². The summed E-state index contributed by atoms with van der Waals surface area (Å²) in [4.78, 5) is 8.31. The van der Waals surface area contributed by atoms with Crippen molar-refractivity contribution in [2.75, 3.05) is 45.5 Å². The summed E-state index contributed by atoms with van der Waals surface area (Å²) in [5.74, 6) is 0.694. The first-order valence-electron chi connectivity index (χ1n) is 9.65. The molecule has 1 atom stereocenters. The molecular formula is C19H29F3N4O2S. The largest absolute Gasteiger partial charge is 0.403 e. The second-order valence-corrected chi connectivity index (χ2v) is 9.16. The van der Waals surface area contributed by atoms with Crippen LogP contribution in [0.25, 0.3) is 0 Å². The van der Waals surface area contributed by atoms with Crippen LogP contribution in [0.5, 0.6) is 0 Å². The minimum absolute atomic E-state index is 0.282. The van der Waals surface area contributed by atoms with Crippen molar-refractivity contribution in [1.82, 2.24) is 15.1 Å². The molecule has 1 aromatic carbocycles. The van der Waals surface area contributed by atoms with Gasteiger partial charge in [0.05, 0.1) is 4.90 Å². The summed E-state index contributed by atoms with van der Waals surface area (Å²) < 4.78 is 61.7. The maximum Gasteiger partial charge on any atom is 0.403 e. The van der Waals surface area contributed by atoms with Crippen LogP contribution in [-0.2, 0) is 16.3 Å². The van der Waals surface area contributed by atoms with E-state index >= 15 is 0 Å². The lowest BCUT2D eigenvalue weighted by Crippen LogP contribution is -2.56. The molecule has 164 valence electrons. The van der Waals surface area contributed by atoms with Gasteiger partial charge < -0.3 is 10.2 Å². The zero-order chi connectivity index (χ0) is 21.7. The predicted octanol–water partition coefficient (Wildman–Crippen LogP) is 2.17. The highest BCUT2D eigenvalue weighted by molar-refractivity contribution is 7.90. The van der Waals surface area contributed by atoms with E-state index in [9.17, 15) is 21.6 Å². The normalized spacial score (nSPS) is 18.0. The van der Waals surface area contributed by atoms with Crippen LogP contribution in [-0.4, -0.2) is 81.9 Å². The van der Waals surface area contributed by atoms with E-state index in [0.717, 1.165) is 5.56 Å². The standard InChI is InChI=1S/C19H29F3N4O2S/c1-4-23-18(26-13-11-25(12-14-26)15(2)19(20,21)22)24-10-9-16-5-7-17(8-6-16)29(3,27)28/h5-8,15H,4,9-14H2,1-3H3,(H,23,24). The molecule has 1 N–H and O–H groups in total. The Hall–Kier alpha value is -1.81. The van der Waals surface area contributed by atoms with Gasteiger partial charge in [0.25, 0.3) is 0 Å². The molecule has 0 aliphatic carbocycles. The number of rotatable bonds is 6. The Kier molecular flexibility index (Phi) is 7.93. The molecular weight excluding hydrogens is 405 g/mol. The molecule has 6 nitrogen and oxygen atoms in total. The van der Waals surface area contributed by atoms with Crippen LogP contribution in [0.2, 0.25) is 0 Å². The molecule has 1 unspecified atom stereocenters. The Morgan fingerprint density at radius 3 is 2.24 bits per heavy atom. The molecule has 29 heavy (non-hydrogen) atoms. The van der Waals surface area contributed by atoms with E-state index < -0.39 is 22.1 Å². The third-order valence-electron chi connectivity index (χ3n) is 4.98. The zero-order valence-electron chi connectivity index (χ0n) is 17.0. The van der Waals surface area contributed by atoms with Gasteiger partial charge in [-0.3, -0.25) is 9.89 Å². The molecule has 0 aromatic heterocycles. The van der Waals surface area contributed by atoms with Gasteiger partial charge in [-0.1, -0.05) is 12.1 Å². The number of nitrogens with one attached hydrogen (secondary N) is 1. The fourth-order valence-electron chi connectivity index (χ4n) is 3.15. The number of sulfone groups is 1. The fraction of sp³-hybridized carbons (Fsp3) is 0.632. The van der Waals surface area contributed by atoms with Crippen molar-refractivity contribution >= 4 is 15.8 Å².